The van der Waals surface area contributed by atoms with Crippen molar-refractivity contribution in [3.05, 3.63) is 42.2 Å². The SMILES string of the molecule is CNS(=O)(=O)c1ccc(C(=O)Nc2ccccc2O)o1. The van der Waals surface area contributed by atoms with Crippen LogP contribution in [0.2, 0.25) is 0 Å². The Labute approximate surface area is 115 Å². The summed E-state index contributed by atoms with van der Waals surface area (Å²) in [6.07, 6.45) is 0. The molecule has 3 N–H and O–H groups in total. The molecule has 0 aliphatic heterocycles. The molecule has 0 fully saturated rings. The molecular formula is C12H12N2O5S. The number of nitrogens with one attached hydrogen (secondary N) is 2. The van der Waals surface area contributed by atoms with Gasteiger partial charge in [0.15, 0.2) is 5.76 Å². The van der Waals surface area contributed by atoms with Gasteiger partial charge in [-0.05, 0) is 31.3 Å². The normalized spacial score (nSPS) is 11.2. The van der Waals surface area contributed by atoms with Crippen LogP contribution in [0.25, 0.3) is 0 Å². The Kier molecular flexibility index (Phi) is 3.77. The Morgan fingerprint density at radius 2 is 1.90 bits per heavy atom. The molecule has 7 nitrogen and oxygen atoms in total. The maximum atomic E-state index is 11.9. The van der Waals surface area contributed by atoms with Gasteiger partial charge in [0.25, 0.3) is 15.9 Å². The van der Waals surface area contributed by atoms with Crippen LogP contribution in [-0.4, -0.2) is 26.5 Å². The summed E-state index contributed by atoms with van der Waals surface area (Å²) in [6.45, 7) is 0. The molecule has 1 heterocycles. The van der Waals surface area contributed by atoms with Gasteiger partial charge in [0.1, 0.15) is 5.75 Å². The number of carbonyl (C=O) groups excluding carboxylic acids is 1. The number of aromatic hydroxyl groups is 1. The minimum atomic E-state index is -3.74. The van der Waals surface area contributed by atoms with Crippen LogP contribution >= 0.6 is 0 Å². The molecule has 0 unspecified atom stereocenters. The number of furan rings is 1. The van der Waals surface area contributed by atoms with Gasteiger partial charge in [-0.2, -0.15) is 0 Å². The molecule has 0 bridgehead atoms. The molecule has 1 amide bonds. The number of anilines is 1. The minimum Gasteiger partial charge on any atom is -0.506 e. The second-order valence-electron chi connectivity index (χ2n) is 3.80. The predicted octanol–water partition coefficient (Wildman–Crippen LogP) is 1.15. The van der Waals surface area contributed by atoms with Gasteiger partial charge in [-0.3, -0.25) is 4.79 Å². The summed E-state index contributed by atoms with van der Waals surface area (Å²) < 4.78 is 30.0. The van der Waals surface area contributed by atoms with E-state index in [-0.39, 0.29) is 22.3 Å². The zero-order valence-corrected chi connectivity index (χ0v) is 11.3. The molecular weight excluding hydrogens is 284 g/mol. The molecule has 0 aliphatic rings. The summed E-state index contributed by atoms with van der Waals surface area (Å²) in [5.41, 5.74) is 0.201. The Morgan fingerprint density at radius 3 is 2.55 bits per heavy atom. The van der Waals surface area contributed by atoms with Crippen molar-refractivity contribution in [2.45, 2.75) is 5.09 Å². The van der Waals surface area contributed by atoms with Gasteiger partial charge in [-0.1, -0.05) is 12.1 Å². The number of hydrogen-bond acceptors (Lipinski definition) is 5. The summed E-state index contributed by atoms with van der Waals surface area (Å²) in [6, 6.07) is 8.56. The zero-order chi connectivity index (χ0) is 14.8. The maximum Gasteiger partial charge on any atom is 0.291 e. The Hall–Kier alpha value is -2.32. The topological polar surface area (TPSA) is 109 Å². The number of rotatable bonds is 4. The summed E-state index contributed by atoms with van der Waals surface area (Å²) >= 11 is 0. The van der Waals surface area contributed by atoms with E-state index in [9.17, 15) is 18.3 Å². The predicted molar refractivity (Wildman–Crippen MR) is 71.0 cm³/mol. The molecule has 106 valence electrons. The van der Waals surface area contributed by atoms with E-state index in [1.807, 2.05) is 0 Å². The van der Waals surface area contributed by atoms with Crippen LogP contribution in [0.1, 0.15) is 10.6 Å². The van der Waals surface area contributed by atoms with E-state index in [1.165, 1.54) is 31.3 Å². The number of para-hydroxylation sites is 2. The summed E-state index contributed by atoms with van der Waals surface area (Å²) in [4.78, 5) is 11.9. The highest BCUT2D eigenvalue weighted by molar-refractivity contribution is 7.89. The van der Waals surface area contributed by atoms with Gasteiger partial charge in [-0.25, -0.2) is 13.1 Å². The molecule has 0 saturated carbocycles. The second kappa shape index (κ2) is 5.35. The smallest absolute Gasteiger partial charge is 0.291 e. The van der Waals surface area contributed by atoms with Crippen molar-refractivity contribution in [3.63, 3.8) is 0 Å². The number of amides is 1. The largest absolute Gasteiger partial charge is 0.506 e. The van der Waals surface area contributed by atoms with Gasteiger partial charge < -0.3 is 14.8 Å². The Balaban J connectivity index is 2.21. The third-order valence-corrected chi connectivity index (χ3v) is 3.78. The first kappa shape index (κ1) is 14.1. The third kappa shape index (κ3) is 2.81. The van der Waals surface area contributed by atoms with E-state index < -0.39 is 15.9 Å². The lowest BCUT2D eigenvalue weighted by Gasteiger charge is -2.04. The number of sulfonamides is 1. The van der Waals surface area contributed by atoms with Crippen molar-refractivity contribution in [2.75, 3.05) is 12.4 Å². The zero-order valence-electron chi connectivity index (χ0n) is 10.5. The van der Waals surface area contributed by atoms with Gasteiger partial charge >= 0.3 is 0 Å². The van der Waals surface area contributed by atoms with E-state index in [2.05, 4.69) is 10.0 Å². The molecule has 0 spiro atoms. The van der Waals surface area contributed by atoms with Crippen molar-refractivity contribution >= 4 is 21.6 Å². The first-order chi connectivity index (χ1) is 9.44. The van der Waals surface area contributed by atoms with Gasteiger partial charge in [0, 0.05) is 0 Å². The first-order valence-electron chi connectivity index (χ1n) is 5.57. The molecule has 1 aromatic carbocycles. The lowest BCUT2D eigenvalue weighted by atomic mass is 10.3. The standard InChI is InChI=1S/C12H12N2O5S/c1-13-20(17,18)11-7-6-10(19-11)12(16)14-8-4-2-3-5-9(8)15/h2-7,13,15H,1H3,(H,14,16). The fourth-order valence-corrected chi connectivity index (χ4v) is 2.10. The van der Waals surface area contributed by atoms with Crippen LogP contribution in [-0.2, 0) is 10.0 Å². The van der Waals surface area contributed by atoms with Crippen LogP contribution in [0, 0.1) is 0 Å². The number of benzene rings is 1. The molecule has 0 aliphatic carbocycles. The summed E-state index contributed by atoms with van der Waals surface area (Å²) in [5.74, 6) is -0.943. The van der Waals surface area contributed by atoms with E-state index in [1.54, 1.807) is 12.1 Å². The fraction of sp³-hybridized carbons (Fsp3) is 0.0833. The van der Waals surface area contributed by atoms with E-state index in [0.717, 1.165) is 0 Å². The van der Waals surface area contributed by atoms with Crippen molar-refractivity contribution in [1.82, 2.24) is 4.72 Å². The average Bonchev–Trinajstić information content (AvgIpc) is 2.92. The highest BCUT2D eigenvalue weighted by Gasteiger charge is 2.19. The number of phenols is 1. The minimum absolute atomic E-state index is 0.101. The molecule has 2 rings (SSSR count). The van der Waals surface area contributed by atoms with Crippen molar-refractivity contribution in [3.8, 4) is 5.75 Å². The highest BCUT2D eigenvalue weighted by atomic mass is 32.2. The fourth-order valence-electron chi connectivity index (χ4n) is 1.45. The molecule has 8 heteroatoms. The monoisotopic (exact) mass is 296 g/mol. The van der Waals surface area contributed by atoms with Crippen molar-refractivity contribution < 1.29 is 22.7 Å². The lowest BCUT2D eigenvalue weighted by Crippen LogP contribution is -2.18. The molecule has 20 heavy (non-hydrogen) atoms. The first-order valence-corrected chi connectivity index (χ1v) is 7.05. The van der Waals surface area contributed by atoms with E-state index in [0.29, 0.717) is 0 Å². The lowest BCUT2D eigenvalue weighted by molar-refractivity contribution is 0.0991. The molecule has 2 aromatic rings. The van der Waals surface area contributed by atoms with Crippen LogP contribution in [0.15, 0.2) is 45.9 Å². The summed E-state index contributed by atoms with van der Waals surface area (Å²) in [7, 11) is -2.50. The number of phenolic OH excluding ortho intramolecular Hbond substituents is 1. The van der Waals surface area contributed by atoms with Crippen molar-refractivity contribution in [2.24, 2.45) is 0 Å². The van der Waals surface area contributed by atoms with E-state index >= 15 is 0 Å². The van der Waals surface area contributed by atoms with Gasteiger partial charge in [0.2, 0.25) is 5.09 Å². The summed E-state index contributed by atoms with van der Waals surface area (Å²) in [5, 5.41) is 11.6. The molecule has 0 atom stereocenters. The highest BCUT2D eigenvalue weighted by Crippen LogP contribution is 2.23. The van der Waals surface area contributed by atoms with Crippen molar-refractivity contribution in [1.29, 1.82) is 0 Å². The van der Waals surface area contributed by atoms with Gasteiger partial charge in [0.05, 0.1) is 5.69 Å². The van der Waals surface area contributed by atoms with Gasteiger partial charge in [-0.15, -0.1) is 0 Å². The van der Waals surface area contributed by atoms with Crippen LogP contribution in [0.3, 0.4) is 0 Å². The number of hydrogen-bond donors (Lipinski definition) is 3. The van der Waals surface area contributed by atoms with Crippen LogP contribution < -0.4 is 10.0 Å². The Bertz CT molecular complexity index is 736. The maximum absolute atomic E-state index is 11.9. The average molecular weight is 296 g/mol. The third-order valence-electron chi connectivity index (χ3n) is 2.49. The molecule has 0 saturated heterocycles. The van der Waals surface area contributed by atoms with Crippen LogP contribution in [0.5, 0.6) is 5.75 Å². The second-order valence-corrected chi connectivity index (χ2v) is 5.62. The number of carbonyl (C=O) groups is 1. The molecule has 1 aromatic heterocycles. The van der Waals surface area contributed by atoms with E-state index in [4.69, 9.17) is 4.42 Å². The molecule has 0 radical (unpaired) electrons. The van der Waals surface area contributed by atoms with Crippen LogP contribution in [0.4, 0.5) is 5.69 Å². The quantitative estimate of drug-likeness (QED) is 0.733. The Morgan fingerprint density at radius 1 is 1.20 bits per heavy atom.